The zero-order chi connectivity index (χ0) is 15.4. The van der Waals surface area contributed by atoms with Crippen molar-refractivity contribution in [2.75, 3.05) is 11.9 Å². The molecule has 112 valence electrons. The molecule has 0 saturated carbocycles. The molecule has 2 aromatic rings. The van der Waals surface area contributed by atoms with Gasteiger partial charge in [-0.1, -0.05) is 13.8 Å². The summed E-state index contributed by atoms with van der Waals surface area (Å²) in [6.45, 7) is 4.92. The van der Waals surface area contributed by atoms with Crippen molar-refractivity contribution in [1.29, 1.82) is 0 Å². The molecule has 0 aliphatic carbocycles. The number of rotatable bonds is 5. The minimum Gasteiger partial charge on any atom is -0.505 e. The van der Waals surface area contributed by atoms with E-state index in [1.54, 1.807) is 6.07 Å². The maximum Gasteiger partial charge on any atom is 0.165 e. The van der Waals surface area contributed by atoms with Crippen LogP contribution in [0.4, 0.5) is 10.2 Å². The molecule has 2 N–H and O–H groups in total. The summed E-state index contributed by atoms with van der Waals surface area (Å²) in [6, 6.07) is 4.18. The number of hydrogen-bond acceptors (Lipinski definition) is 4. The Morgan fingerprint density at radius 1 is 1.29 bits per heavy atom. The molecular formula is C15H17FIN3O. The predicted octanol–water partition coefficient (Wildman–Crippen LogP) is 3.98. The summed E-state index contributed by atoms with van der Waals surface area (Å²) in [6.07, 6.45) is 1.76. The van der Waals surface area contributed by atoms with Gasteiger partial charge in [0.25, 0.3) is 0 Å². The Bertz CT molecular complexity index is 649. The third-order valence-corrected chi connectivity index (χ3v) is 4.14. The SMILES string of the molecule is CCCNc1nc(-c2ccc(O)c(F)c2)nc(CC)c1I. The lowest BCUT2D eigenvalue weighted by Gasteiger charge is -2.12. The third kappa shape index (κ3) is 3.61. The molecule has 1 heterocycles. The number of hydrogen-bond donors (Lipinski definition) is 2. The van der Waals surface area contributed by atoms with Gasteiger partial charge < -0.3 is 10.4 Å². The fraction of sp³-hybridized carbons (Fsp3) is 0.333. The van der Waals surface area contributed by atoms with Crippen molar-refractivity contribution in [3.63, 3.8) is 0 Å². The quantitative estimate of drug-likeness (QED) is 0.745. The van der Waals surface area contributed by atoms with E-state index >= 15 is 0 Å². The molecule has 0 fully saturated rings. The van der Waals surface area contributed by atoms with E-state index in [1.807, 2.05) is 6.92 Å². The lowest BCUT2D eigenvalue weighted by molar-refractivity contribution is 0.432. The van der Waals surface area contributed by atoms with Crippen LogP contribution in [-0.2, 0) is 6.42 Å². The highest BCUT2D eigenvalue weighted by atomic mass is 127. The fourth-order valence-corrected chi connectivity index (χ4v) is 2.68. The summed E-state index contributed by atoms with van der Waals surface area (Å²) in [4.78, 5) is 8.98. The zero-order valence-electron chi connectivity index (χ0n) is 12.0. The Labute approximate surface area is 137 Å². The van der Waals surface area contributed by atoms with Crippen molar-refractivity contribution >= 4 is 28.4 Å². The summed E-state index contributed by atoms with van der Waals surface area (Å²) >= 11 is 2.23. The van der Waals surface area contributed by atoms with Crippen molar-refractivity contribution in [3.8, 4) is 17.1 Å². The summed E-state index contributed by atoms with van der Waals surface area (Å²) < 4.78 is 14.5. The Kier molecular flexibility index (Phi) is 5.33. The average molecular weight is 401 g/mol. The average Bonchev–Trinajstić information content (AvgIpc) is 2.49. The number of phenols is 1. The summed E-state index contributed by atoms with van der Waals surface area (Å²) in [7, 11) is 0. The maximum absolute atomic E-state index is 13.5. The number of anilines is 1. The molecule has 0 aliphatic rings. The Morgan fingerprint density at radius 3 is 2.67 bits per heavy atom. The van der Waals surface area contributed by atoms with E-state index in [2.05, 4.69) is 44.8 Å². The van der Waals surface area contributed by atoms with Crippen LogP contribution in [0.5, 0.6) is 5.75 Å². The first-order valence-electron chi connectivity index (χ1n) is 6.86. The lowest BCUT2D eigenvalue weighted by atomic mass is 10.2. The van der Waals surface area contributed by atoms with Crippen LogP contribution >= 0.6 is 22.6 Å². The predicted molar refractivity (Wildman–Crippen MR) is 90.0 cm³/mol. The van der Waals surface area contributed by atoms with Crippen LogP contribution in [0.2, 0.25) is 0 Å². The normalized spacial score (nSPS) is 10.7. The highest BCUT2D eigenvalue weighted by Gasteiger charge is 2.13. The van der Waals surface area contributed by atoms with E-state index in [0.717, 1.165) is 34.5 Å². The zero-order valence-corrected chi connectivity index (χ0v) is 14.1. The molecular weight excluding hydrogens is 384 g/mol. The van der Waals surface area contributed by atoms with Crippen LogP contribution in [0.25, 0.3) is 11.4 Å². The first kappa shape index (κ1) is 15.9. The van der Waals surface area contributed by atoms with Gasteiger partial charge in [0.2, 0.25) is 0 Å². The summed E-state index contributed by atoms with van der Waals surface area (Å²) in [5.41, 5.74) is 1.48. The molecule has 1 aromatic heterocycles. The third-order valence-electron chi connectivity index (χ3n) is 3.00. The smallest absolute Gasteiger partial charge is 0.165 e. The van der Waals surface area contributed by atoms with Gasteiger partial charge in [-0.25, -0.2) is 14.4 Å². The second-order valence-corrected chi connectivity index (χ2v) is 5.68. The monoisotopic (exact) mass is 401 g/mol. The van der Waals surface area contributed by atoms with Gasteiger partial charge >= 0.3 is 0 Å². The van der Waals surface area contributed by atoms with Crippen LogP contribution in [0.15, 0.2) is 18.2 Å². The first-order chi connectivity index (χ1) is 10.1. The van der Waals surface area contributed by atoms with Gasteiger partial charge in [-0.05, 0) is 53.6 Å². The van der Waals surface area contributed by atoms with Crippen molar-refractivity contribution in [2.24, 2.45) is 0 Å². The van der Waals surface area contributed by atoms with E-state index in [-0.39, 0.29) is 5.75 Å². The number of benzene rings is 1. The molecule has 2 rings (SSSR count). The molecule has 6 heteroatoms. The van der Waals surface area contributed by atoms with Gasteiger partial charge in [-0.3, -0.25) is 0 Å². The lowest BCUT2D eigenvalue weighted by Crippen LogP contribution is -2.08. The molecule has 0 unspecified atom stereocenters. The second kappa shape index (κ2) is 7.02. The molecule has 0 bridgehead atoms. The number of aromatic nitrogens is 2. The van der Waals surface area contributed by atoms with Gasteiger partial charge in [0.15, 0.2) is 17.4 Å². The molecule has 0 spiro atoms. The molecule has 0 radical (unpaired) electrons. The van der Waals surface area contributed by atoms with Crippen molar-refractivity contribution in [3.05, 3.63) is 33.3 Å². The molecule has 0 saturated heterocycles. The standard InChI is InChI=1S/C15H17FIN3O/c1-3-7-18-15-13(17)11(4-2)19-14(20-15)9-5-6-12(21)10(16)8-9/h5-6,8,21H,3-4,7H2,1-2H3,(H,18,19,20). The van der Waals surface area contributed by atoms with Crippen LogP contribution in [0, 0.1) is 9.39 Å². The highest BCUT2D eigenvalue weighted by Crippen LogP contribution is 2.27. The maximum atomic E-state index is 13.5. The number of aryl methyl sites for hydroxylation is 1. The molecule has 0 amide bonds. The first-order valence-corrected chi connectivity index (χ1v) is 7.93. The number of aromatic hydroxyl groups is 1. The molecule has 1 aromatic carbocycles. The van der Waals surface area contributed by atoms with Crippen molar-refractivity contribution in [2.45, 2.75) is 26.7 Å². The molecule has 0 aliphatic heterocycles. The number of nitrogens with one attached hydrogen (secondary N) is 1. The van der Waals surface area contributed by atoms with E-state index in [4.69, 9.17) is 0 Å². The highest BCUT2D eigenvalue weighted by molar-refractivity contribution is 14.1. The summed E-state index contributed by atoms with van der Waals surface area (Å²) in [5.74, 6) is 0.192. The van der Waals surface area contributed by atoms with Gasteiger partial charge in [0, 0.05) is 12.1 Å². The van der Waals surface area contributed by atoms with E-state index in [1.165, 1.54) is 12.1 Å². The Balaban J connectivity index is 2.49. The van der Waals surface area contributed by atoms with Crippen LogP contribution in [0.3, 0.4) is 0 Å². The molecule has 4 nitrogen and oxygen atoms in total. The van der Waals surface area contributed by atoms with Crippen LogP contribution in [-0.4, -0.2) is 21.6 Å². The van der Waals surface area contributed by atoms with Gasteiger partial charge in [0.05, 0.1) is 9.26 Å². The number of halogens is 2. The number of nitrogens with zero attached hydrogens (tertiary/aromatic N) is 2. The van der Waals surface area contributed by atoms with E-state index in [0.29, 0.717) is 11.4 Å². The fourth-order valence-electron chi connectivity index (χ4n) is 1.86. The van der Waals surface area contributed by atoms with Crippen LogP contribution in [0.1, 0.15) is 26.0 Å². The second-order valence-electron chi connectivity index (χ2n) is 4.60. The van der Waals surface area contributed by atoms with Gasteiger partial charge in [-0.15, -0.1) is 0 Å². The van der Waals surface area contributed by atoms with Crippen molar-refractivity contribution in [1.82, 2.24) is 9.97 Å². The largest absolute Gasteiger partial charge is 0.505 e. The van der Waals surface area contributed by atoms with Gasteiger partial charge in [0.1, 0.15) is 5.82 Å². The minimum absolute atomic E-state index is 0.371. The van der Waals surface area contributed by atoms with E-state index < -0.39 is 5.82 Å². The van der Waals surface area contributed by atoms with Gasteiger partial charge in [-0.2, -0.15) is 0 Å². The van der Waals surface area contributed by atoms with E-state index in [9.17, 15) is 9.50 Å². The molecule has 0 atom stereocenters. The Morgan fingerprint density at radius 2 is 2.05 bits per heavy atom. The van der Waals surface area contributed by atoms with Crippen LogP contribution < -0.4 is 5.32 Å². The topological polar surface area (TPSA) is 58.0 Å². The number of phenolic OH excluding ortho intramolecular Hbond substituents is 1. The van der Waals surface area contributed by atoms with Crippen molar-refractivity contribution < 1.29 is 9.50 Å². The molecule has 21 heavy (non-hydrogen) atoms. The summed E-state index contributed by atoms with van der Waals surface area (Å²) in [5, 5.41) is 12.5. The Hall–Kier alpha value is -1.44. The minimum atomic E-state index is -0.671.